The van der Waals surface area contributed by atoms with Crippen molar-refractivity contribution in [1.82, 2.24) is 4.90 Å². The van der Waals surface area contributed by atoms with Crippen LogP contribution in [0.2, 0.25) is 0 Å². The minimum atomic E-state index is 0.310. The summed E-state index contributed by atoms with van der Waals surface area (Å²) in [7, 11) is 2.33. The van der Waals surface area contributed by atoms with Crippen LogP contribution in [-0.4, -0.2) is 41.6 Å². The molecule has 0 aromatic carbocycles. The number of nitrogens with two attached hydrogens (primary N) is 1. The molecule has 2 N–H and O–H groups in total. The van der Waals surface area contributed by atoms with E-state index >= 15 is 0 Å². The molecule has 1 heterocycles. The number of nitrogens with zero attached hydrogens (tertiary/aromatic N) is 1. The van der Waals surface area contributed by atoms with Crippen molar-refractivity contribution in [3.05, 3.63) is 0 Å². The lowest BCUT2D eigenvalue weighted by molar-refractivity contribution is 0.0650. The molecule has 1 saturated carbocycles. The fraction of sp³-hybridized carbons (Fsp3) is 1.00. The molecule has 1 atom stereocenters. The van der Waals surface area contributed by atoms with E-state index in [0.717, 1.165) is 12.6 Å². The van der Waals surface area contributed by atoms with E-state index in [1.165, 1.54) is 56.5 Å². The van der Waals surface area contributed by atoms with Gasteiger partial charge in [0.1, 0.15) is 0 Å². The van der Waals surface area contributed by atoms with Crippen LogP contribution in [0.4, 0.5) is 0 Å². The molecule has 2 nitrogen and oxygen atoms in total. The fourth-order valence-corrected chi connectivity index (χ4v) is 4.61. The van der Waals surface area contributed by atoms with Crippen molar-refractivity contribution in [2.75, 3.05) is 25.1 Å². The molecule has 16 heavy (non-hydrogen) atoms. The Morgan fingerprint density at radius 1 is 1.25 bits per heavy atom. The van der Waals surface area contributed by atoms with Crippen molar-refractivity contribution in [2.45, 2.75) is 56.5 Å². The molecule has 0 aromatic heterocycles. The Hall–Kier alpha value is 0.270. The third kappa shape index (κ3) is 2.57. The summed E-state index contributed by atoms with van der Waals surface area (Å²) >= 11 is 2.10. The van der Waals surface area contributed by atoms with Gasteiger partial charge >= 0.3 is 0 Å². The monoisotopic (exact) mass is 242 g/mol. The van der Waals surface area contributed by atoms with Gasteiger partial charge in [0.15, 0.2) is 0 Å². The second-order valence-corrected chi connectivity index (χ2v) is 6.59. The van der Waals surface area contributed by atoms with Gasteiger partial charge in [-0.25, -0.2) is 0 Å². The maximum atomic E-state index is 6.09. The lowest BCUT2D eigenvalue weighted by atomic mass is 9.87. The van der Waals surface area contributed by atoms with Crippen LogP contribution in [0.3, 0.4) is 0 Å². The van der Waals surface area contributed by atoms with Gasteiger partial charge in [-0.1, -0.05) is 19.3 Å². The van der Waals surface area contributed by atoms with Crippen LogP contribution >= 0.6 is 11.8 Å². The van der Waals surface area contributed by atoms with Gasteiger partial charge in [-0.15, -0.1) is 0 Å². The second-order valence-electron chi connectivity index (χ2n) is 5.49. The molecule has 2 fully saturated rings. The second kappa shape index (κ2) is 5.74. The van der Waals surface area contributed by atoms with Crippen LogP contribution in [0.15, 0.2) is 0 Å². The maximum Gasteiger partial charge on any atom is 0.0422 e. The Bertz CT molecular complexity index is 208. The van der Waals surface area contributed by atoms with E-state index in [2.05, 4.69) is 23.7 Å². The zero-order valence-corrected chi connectivity index (χ0v) is 11.4. The van der Waals surface area contributed by atoms with Crippen molar-refractivity contribution in [3.63, 3.8) is 0 Å². The Balaban J connectivity index is 2.00. The molecule has 3 heteroatoms. The van der Waals surface area contributed by atoms with E-state index in [-0.39, 0.29) is 0 Å². The Morgan fingerprint density at radius 2 is 2.00 bits per heavy atom. The van der Waals surface area contributed by atoms with Gasteiger partial charge < -0.3 is 5.73 Å². The highest BCUT2D eigenvalue weighted by molar-refractivity contribution is 7.99. The largest absolute Gasteiger partial charge is 0.329 e. The van der Waals surface area contributed by atoms with Gasteiger partial charge in [0.05, 0.1) is 0 Å². The SMILES string of the molecule is CN(C1CCCCC1)C1(CN)CCCSC1. The molecular formula is C13H26N2S. The van der Waals surface area contributed by atoms with Gasteiger partial charge in [0.25, 0.3) is 0 Å². The van der Waals surface area contributed by atoms with Crippen molar-refractivity contribution < 1.29 is 0 Å². The van der Waals surface area contributed by atoms with E-state index < -0.39 is 0 Å². The minimum Gasteiger partial charge on any atom is -0.329 e. The average molecular weight is 242 g/mol. The quantitative estimate of drug-likeness (QED) is 0.824. The van der Waals surface area contributed by atoms with Crippen molar-refractivity contribution >= 4 is 11.8 Å². The van der Waals surface area contributed by atoms with Crippen molar-refractivity contribution in [3.8, 4) is 0 Å². The number of likely N-dealkylation sites (N-methyl/N-ethyl adjacent to an activating group) is 1. The van der Waals surface area contributed by atoms with Gasteiger partial charge in [0, 0.05) is 23.9 Å². The van der Waals surface area contributed by atoms with E-state index in [1.54, 1.807) is 0 Å². The highest BCUT2D eigenvalue weighted by Crippen LogP contribution is 2.35. The third-order valence-corrected chi connectivity index (χ3v) is 5.87. The van der Waals surface area contributed by atoms with E-state index in [0.29, 0.717) is 5.54 Å². The predicted octanol–water partition coefficient (Wildman–Crippen LogP) is 2.48. The van der Waals surface area contributed by atoms with Crippen LogP contribution in [0.1, 0.15) is 44.9 Å². The molecule has 0 bridgehead atoms. The lowest BCUT2D eigenvalue weighted by Gasteiger charge is -2.48. The normalized spacial score (nSPS) is 33.2. The highest BCUT2D eigenvalue weighted by atomic mass is 32.2. The van der Waals surface area contributed by atoms with Crippen molar-refractivity contribution in [1.29, 1.82) is 0 Å². The summed E-state index contributed by atoms with van der Waals surface area (Å²) in [5.74, 6) is 2.58. The standard InChI is InChI=1S/C13H26N2S/c1-15(12-6-3-2-4-7-12)13(10-14)8-5-9-16-11-13/h12H,2-11,14H2,1H3. The van der Waals surface area contributed by atoms with Crippen LogP contribution in [0.25, 0.3) is 0 Å². The first-order valence-corrected chi connectivity index (χ1v) is 7.95. The summed E-state index contributed by atoms with van der Waals surface area (Å²) in [4.78, 5) is 2.65. The molecular weight excluding hydrogens is 216 g/mol. The number of rotatable bonds is 3. The Morgan fingerprint density at radius 3 is 2.56 bits per heavy atom. The highest BCUT2D eigenvalue weighted by Gasteiger charge is 2.38. The Kier molecular flexibility index (Phi) is 4.57. The molecule has 94 valence electrons. The molecule has 0 aromatic rings. The molecule has 1 unspecified atom stereocenters. The summed E-state index contributed by atoms with van der Waals surface area (Å²) in [6, 6.07) is 0.802. The van der Waals surface area contributed by atoms with Crippen LogP contribution in [-0.2, 0) is 0 Å². The van der Waals surface area contributed by atoms with E-state index in [1.807, 2.05) is 0 Å². The lowest BCUT2D eigenvalue weighted by Crippen LogP contribution is -2.59. The fourth-order valence-electron chi connectivity index (χ4n) is 3.28. The van der Waals surface area contributed by atoms with Gasteiger partial charge in [-0.05, 0) is 38.5 Å². The molecule has 2 aliphatic rings. The van der Waals surface area contributed by atoms with Gasteiger partial charge in [-0.3, -0.25) is 4.90 Å². The molecule has 0 amide bonds. The molecule has 0 spiro atoms. The number of hydrogen-bond acceptors (Lipinski definition) is 3. The summed E-state index contributed by atoms with van der Waals surface area (Å²) < 4.78 is 0. The molecule has 1 aliphatic carbocycles. The zero-order valence-electron chi connectivity index (χ0n) is 10.6. The zero-order chi connectivity index (χ0) is 11.4. The maximum absolute atomic E-state index is 6.09. The predicted molar refractivity (Wildman–Crippen MR) is 73.0 cm³/mol. The summed E-state index contributed by atoms with van der Waals surface area (Å²) in [5.41, 5.74) is 6.40. The molecule has 0 radical (unpaired) electrons. The van der Waals surface area contributed by atoms with E-state index in [9.17, 15) is 0 Å². The minimum absolute atomic E-state index is 0.310. The topological polar surface area (TPSA) is 29.3 Å². The van der Waals surface area contributed by atoms with Gasteiger partial charge in [0.2, 0.25) is 0 Å². The Labute approximate surface area is 104 Å². The van der Waals surface area contributed by atoms with E-state index in [4.69, 9.17) is 5.73 Å². The average Bonchev–Trinajstić information content (AvgIpc) is 2.39. The first-order chi connectivity index (χ1) is 7.78. The molecule has 1 saturated heterocycles. The summed E-state index contributed by atoms with van der Waals surface area (Å²) in [5, 5.41) is 0. The summed E-state index contributed by atoms with van der Waals surface area (Å²) in [6.07, 6.45) is 9.72. The first kappa shape index (κ1) is 12.7. The first-order valence-electron chi connectivity index (χ1n) is 6.79. The smallest absolute Gasteiger partial charge is 0.0422 e. The van der Waals surface area contributed by atoms with Gasteiger partial charge in [-0.2, -0.15) is 11.8 Å². The van der Waals surface area contributed by atoms with Crippen LogP contribution < -0.4 is 5.73 Å². The van der Waals surface area contributed by atoms with Crippen LogP contribution in [0.5, 0.6) is 0 Å². The molecule has 2 rings (SSSR count). The molecule has 1 aliphatic heterocycles. The van der Waals surface area contributed by atoms with Crippen molar-refractivity contribution in [2.24, 2.45) is 5.73 Å². The van der Waals surface area contributed by atoms with Crippen LogP contribution in [0, 0.1) is 0 Å². The number of hydrogen-bond donors (Lipinski definition) is 1. The third-order valence-electron chi connectivity index (χ3n) is 4.55. The summed E-state index contributed by atoms with van der Waals surface area (Å²) in [6.45, 7) is 0.840. The number of thioether (sulfide) groups is 1.